The Hall–Kier alpha value is -3.37. The molecule has 0 aliphatic rings. The van der Waals surface area contributed by atoms with Gasteiger partial charge in [0.25, 0.3) is 5.91 Å². The highest BCUT2D eigenvalue weighted by atomic mass is 79.9. The van der Waals surface area contributed by atoms with E-state index in [1.165, 1.54) is 5.56 Å². The zero-order valence-corrected chi connectivity index (χ0v) is 22.7. The van der Waals surface area contributed by atoms with Crippen molar-refractivity contribution < 1.29 is 4.79 Å². The van der Waals surface area contributed by atoms with Gasteiger partial charge in [-0.1, -0.05) is 64.3 Å². The number of terminal acetylenes is 1. The number of hydrogen-bond donors (Lipinski definition) is 2. The number of rotatable bonds is 11. The Morgan fingerprint density at radius 2 is 1.86 bits per heavy atom. The van der Waals surface area contributed by atoms with Crippen LogP contribution in [0.3, 0.4) is 0 Å². The summed E-state index contributed by atoms with van der Waals surface area (Å²) in [5.74, 6) is 2.61. The van der Waals surface area contributed by atoms with Crippen molar-refractivity contribution in [3.63, 3.8) is 0 Å². The molecule has 5 nitrogen and oxygen atoms in total. The topological polar surface area (TPSA) is 49.3 Å². The van der Waals surface area contributed by atoms with E-state index in [1.807, 2.05) is 74.6 Å². The first-order valence-corrected chi connectivity index (χ1v) is 13.0. The Bertz CT molecular complexity index is 1260. The molecule has 0 radical (unpaired) electrons. The Labute approximate surface area is 223 Å². The molecule has 0 atom stereocenters. The van der Waals surface area contributed by atoms with Gasteiger partial charge in [-0.3, -0.25) is 4.79 Å². The van der Waals surface area contributed by atoms with Crippen molar-refractivity contribution in [3.05, 3.63) is 95.7 Å². The minimum absolute atomic E-state index is 0.0713. The second kappa shape index (κ2) is 13.6. The van der Waals surface area contributed by atoms with Crippen LogP contribution in [-0.4, -0.2) is 54.9 Å². The molecule has 3 aromatic rings. The highest BCUT2D eigenvalue weighted by Gasteiger charge is 2.17. The lowest BCUT2D eigenvalue weighted by molar-refractivity contribution is 0.0951. The van der Waals surface area contributed by atoms with E-state index >= 15 is 0 Å². The van der Waals surface area contributed by atoms with Gasteiger partial charge in [0, 0.05) is 36.1 Å². The number of nitrogens with one attached hydrogen (secondary N) is 2. The standard InChI is InChI=1S/C30H33BrN4O/c1-5-9-23(11-8-19-31)28-17-18-29(35(28)27-12-7-6-10-26(27)22-32-2)24-13-15-25(16-14-24)30(36)33-20-21-34(3)4/h1,6-18,32H,19-22H2,2-4H3,(H,33,36)/b11-8-,23-9+. The quantitative estimate of drug-likeness (QED) is 0.200. The zero-order chi connectivity index (χ0) is 25.9. The number of allylic oxidation sites excluding steroid dienone is 4. The van der Waals surface area contributed by atoms with Crippen LogP contribution < -0.4 is 10.6 Å². The number of para-hydroxylation sites is 1. The van der Waals surface area contributed by atoms with Crippen LogP contribution in [0.1, 0.15) is 21.6 Å². The summed E-state index contributed by atoms with van der Waals surface area (Å²) in [4.78, 5) is 14.6. The van der Waals surface area contributed by atoms with Crippen LogP contribution in [0.5, 0.6) is 0 Å². The van der Waals surface area contributed by atoms with Crippen molar-refractivity contribution in [1.82, 2.24) is 20.1 Å². The maximum absolute atomic E-state index is 12.6. The van der Waals surface area contributed by atoms with E-state index in [0.29, 0.717) is 12.1 Å². The monoisotopic (exact) mass is 544 g/mol. The number of carbonyl (C=O) groups is 1. The van der Waals surface area contributed by atoms with Crippen molar-refractivity contribution in [2.45, 2.75) is 6.54 Å². The van der Waals surface area contributed by atoms with Crippen LogP contribution in [0.25, 0.3) is 22.5 Å². The van der Waals surface area contributed by atoms with Gasteiger partial charge in [-0.15, -0.1) is 6.42 Å². The summed E-state index contributed by atoms with van der Waals surface area (Å²) in [5, 5.41) is 6.97. The third kappa shape index (κ3) is 6.86. The minimum Gasteiger partial charge on any atom is -0.351 e. The van der Waals surface area contributed by atoms with Crippen molar-refractivity contribution >= 4 is 27.4 Å². The Balaban J connectivity index is 2.08. The zero-order valence-electron chi connectivity index (χ0n) is 21.1. The average Bonchev–Trinajstić information content (AvgIpc) is 3.31. The van der Waals surface area contributed by atoms with Crippen LogP contribution in [0.15, 0.2) is 78.9 Å². The maximum Gasteiger partial charge on any atom is 0.251 e. The summed E-state index contributed by atoms with van der Waals surface area (Å²) in [6.07, 6.45) is 11.5. The summed E-state index contributed by atoms with van der Waals surface area (Å²) in [5.41, 5.74) is 6.84. The van der Waals surface area contributed by atoms with Crippen molar-refractivity contribution in [3.8, 4) is 29.3 Å². The molecule has 3 rings (SSSR count). The van der Waals surface area contributed by atoms with Gasteiger partial charge in [0.15, 0.2) is 0 Å². The number of benzene rings is 2. The molecule has 0 spiro atoms. The predicted octanol–water partition coefficient (Wildman–Crippen LogP) is 5.12. The largest absolute Gasteiger partial charge is 0.351 e. The second-order valence-electron chi connectivity index (χ2n) is 8.56. The highest BCUT2D eigenvalue weighted by Crippen LogP contribution is 2.32. The number of carbonyl (C=O) groups excluding carboxylic acids is 1. The van der Waals surface area contributed by atoms with Crippen LogP contribution >= 0.6 is 15.9 Å². The van der Waals surface area contributed by atoms with Crippen LogP contribution in [-0.2, 0) is 6.54 Å². The first-order valence-electron chi connectivity index (χ1n) is 11.9. The fraction of sp³-hybridized carbons (Fsp3) is 0.233. The minimum atomic E-state index is -0.0713. The lowest BCUT2D eigenvalue weighted by Crippen LogP contribution is -2.31. The lowest BCUT2D eigenvalue weighted by Gasteiger charge is -2.18. The SMILES string of the molecule is C#C/C=C(\C=C/CBr)c1ccc(-c2ccc(C(=O)NCCN(C)C)cc2)n1-c1ccccc1CNC. The van der Waals surface area contributed by atoms with Gasteiger partial charge in [0.1, 0.15) is 0 Å². The van der Waals surface area contributed by atoms with Gasteiger partial charge < -0.3 is 20.1 Å². The number of aromatic nitrogens is 1. The van der Waals surface area contributed by atoms with Crippen molar-refractivity contribution in [2.24, 2.45) is 0 Å². The summed E-state index contributed by atoms with van der Waals surface area (Å²) < 4.78 is 2.24. The summed E-state index contributed by atoms with van der Waals surface area (Å²) in [7, 11) is 5.91. The molecule has 0 aliphatic heterocycles. The van der Waals surface area contributed by atoms with E-state index in [2.05, 4.69) is 61.3 Å². The molecule has 6 heteroatoms. The fourth-order valence-corrected chi connectivity index (χ4v) is 4.16. The second-order valence-corrected chi connectivity index (χ2v) is 9.21. The first-order chi connectivity index (χ1) is 17.5. The molecule has 186 valence electrons. The molecule has 0 fully saturated rings. The lowest BCUT2D eigenvalue weighted by atomic mass is 10.1. The number of alkyl halides is 1. The van der Waals surface area contributed by atoms with Gasteiger partial charge >= 0.3 is 0 Å². The van der Waals surface area contributed by atoms with Gasteiger partial charge in [-0.2, -0.15) is 0 Å². The number of hydrogen-bond acceptors (Lipinski definition) is 3. The van der Waals surface area contributed by atoms with Crippen molar-refractivity contribution in [2.75, 3.05) is 39.6 Å². The molecule has 0 unspecified atom stereocenters. The molecule has 1 aromatic heterocycles. The highest BCUT2D eigenvalue weighted by molar-refractivity contribution is 9.09. The molecule has 0 saturated heterocycles. The molecule has 0 bridgehead atoms. The predicted molar refractivity (Wildman–Crippen MR) is 155 cm³/mol. The third-order valence-electron chi connectivity index (χ3n) is 5.69. The van der Waals surface area contributed by atoms with Gasteiger partial charge in [0.05, 0.1) is 17.1 Å². The molecular formula is C30H33BrN4O. The molecule has 2 aromatic carbocycles. The Morgan fingerprint density at radius 1 is 1.11 bits per heavy atom. The van der Waals surface area contributed by atoms with Gasteiger partial charge in [-0.05, 0) is 68.7 Å². The number of nitrogens with zero attached hydrogens (tertiary/aromatic N) is 2. The number of likely N-dealkylation sites (N-methyl/N-ethyl adjacent to an activating group) is 1. The maximum atomic E-state index is 12.6. The van der Waals surface area contributed by atoms with E-state index in [-0.39, 0.29) is 5.91 Å². The van der Waals surface area contributed by atoms with E-state index < -0.39 is 0 Å². The summed E-state index contributed by atoms with van der Waals surface area (Å²) >= 11 is 3.46. The molecule has 0 saturated carbocycles. The summed E-state index contributed by atoms with van der Waals surface area (Å²) in [6.45, 7) is 2.13. The first kappa shape index (κ1) is 27.2. The number of halogens is 1. The normalized spacial score (nSPS) is 11.7. The van der Waals surface area contributed by atoms with E-state index in [0.717, 1.165) is 46.6 Å². The Morgan fingerprint density at radius 3 is 2.53 bits per heavy atom. The molecule has 2 N–H and O–H groups in total. The molecule has 36 heavy (non-hydrogen) atoms. The molecule has 1 amide bonds. The smallest absolute Gasteiger partial charge is 0.251 e. The molecule has 0 aliphatic carbocycles. The fourth-order valence-electron chi connectivity index (χ4n) is 3.97. The van der Waals surface area contributed by atoms with Crippen LogP contribution in [0.2, 0.25) is 0 Å². The van der Waals surface area contributed by atoms with E-state index in [9.17, 15) is 4.79 Å². The van der Waals surface area contributed by atoms with E-state index in [4.69, 9.17) is 6.42 Å². The van der Waals surface area contributed by atoms with Crippen LogP contribution in [0, 0.1) is 12.3 Å². The number of amides is 1. The average molecular weight is 546 g/mol. The van der Waals surface area contributed by atoms with Crippen LogP contribution in [0.4, 0.5) is 0 Å². The third-order valence-corrected chi connectivity index (χ3v) is 6.06. The van der Waals surface area contributed by atoms with Gasteiger partial charge in [-0.25, -0.2) is 0 Å². The Kier molecular flexibility index (Phi) is 10.3. The summed E-state index contributed by atoms with van der Waals surface area (Å²) in [6, 6.07) is 20.3. The van der Waals surface area contributed by atoms with Crippen molar-refractivity contribution in [1.29, 1.82) is 0 Å². The molecule has 1 heterocycles. The molecular weight excluding hydrogens is 512 g/mol. The van der Waals surface area contributed by atoms with E-state index in [1.54, 1.807) is 6.08 Å². The van der Waals surface area contributed by atoms with Gasteiger partial charge in [0.2, 0.25) is 0 Å².